The molecule has 0 spiro atoms. The molecular weight excluding hydrogens is 438 g/mol. The van der Waals surface area contributed by atoms with E-state index in [2.05, 4.69) is 9.80 Å². The van der Waals surface area contributed by atoms with Crippen molar-refractivity contribution in [2.45, 2.75) is 20.3 Å². The first-order valence-corrected chi connectivity index (χ1v) is 11.3. The first-order valence-electron chi connectivity index (χ1n) is 11.3. The highest BCUT2D eigenvalue weighted by Gasteiger charge is 2.19. The molecule has 0 atom stereocenters. The van der Waals surface area contributed by atoms with Gasteiger partial charge >= 0.3 is 5.63 Å². The number of nitro groups is 1. The minimum Gasteiger partial charge on any atom is -0.493 e. The van der Waals surface area contributed by atoms with Crippen molar-refractivity contribution in [2.75, 3.05) is 44.2 Å². The Hall–Kier alpha value is -3.72. The molecule has 1 saturated heterocycles. The number of Topliss-reactive ketones (excluding diaryl/α,β-unsaturated/α-hetero) is 1. The van der Waals surface area contributed by atoms with Gasteiger partial charge in [-0.3, -0.25) is 19.8 Å². The molecule has 0 aliphatic carbocycles. The second-order valence-electron chi connectivity index (χ2n) is 8.42. The molecule has 0 unspecified atom stereocenters. The lowest BCUT2D eigenvalue weighted by Crippen LogP contribution is -2.46. The van der Waals surface area contributed by atoms with E-state index in [1.165, 1.54) is 25.1 Å². The van der Waals surface area contributed by atoms with Crippen LogP contribution in [0.3, 0.4) is 0 Å². The van der Waals surface area contributed by atoms with E-state index in [4.69, 9.17) is 9.15 Å². The Labute approximate surface area is 196 Å². The predicted molar refractivity (Wildman–Crippen MR) is 129 cm³/mol. The van der Waals surface area contributed by atoms with Crippen molar-refractivity contribution in [3.8, 4) is 5.75 Å². The smallest absolute Gasteiger partial charge is 0.336 e. The molecule has 0 bridgehead atoms. The summed E-state index contributed by atoms with van der Waals surface area (Å²) in [7, 11) is 0. The second kappa shape index (κ2) is 10.0. The molecule has 0 amide bonds. The number of hydrogen-bond donors (Lipinski definition) is 0. The summed E-state index contributed by atoms with van der Waals surface area (Å²) in [5.41, 5.74) is 1.93. The van der Waals surface area contributed by atoms with E-state index in [1.54, 1.807) is 18.2 Å². The van der Waals surface area contributed by atoms with Gasteiger partial charge in [0.15, 0.2) is 11.4 Å². The quantitative estimate of drug-likeness (QED) is 0.163. The molecule has 2 heterocycles. The highest BCUT2D eigenvalue weighted by atomic mass is 16.6. The Balaban J connectivity index is 1.30. The Bertz CT molecular complexity index is 1260. The highest BCUT2D eigenvalue weighted by Crippen LogP contribution is 2.29. The molecule has 9 heteroatoms. The van der Waals surface area contributed by atoms with Gasteiger partial charge in [0, 0.05) is 62.0 Å². The zero-order valence-corrected chi connectivity index (χ0v) is 19.3. The van der Waals surface area contributed by atoms with Gasteiger partial charge in [-0.05, 0) is 50.1 Å². The van der Waals surface area contributed by atoms with Crippen LogP contribution in [0.4, 0.5) is 11.4 Å². The van der Waals surface area contributed by atoms with Gasteiger partial charge in [0.05, 0.1) is 11.5 Å². The third-order valence-electron chi connectivity index (χ3n) is 6.11. The summed E-state index contributed by atoms with van der Waals surface area (Å²) in [5.74, 6) is 0.216. The van der Waals surface area contributed by atoms with E-state index < -0.39 is 10.5 Å². The number of fused-ring (bicyclic) bond motifs is 1. The fraction of sp³-hybridized carbons (Fsp3) is 0.360. The van der Waals surface area contributed by atoms with Crippen LogP contribution in [0.2, 0.25) is 0 Å². The Morgan fingerprint density at radius 1 is 1.12 bits per heavy atom. The lowest BCUT2D eigenvalue weighted by molar-refractivity contribution is -0.384. The van der Waals surface area contributed by atoms with Gasteiger partial charge < -0.3 is 14.1 Å². The van der Waals surface area contributed by atoms with Crippen molar-refractivity contribution in [3.63, 3.8) is 0 Å². The summed E-state index contributed by atoms with van der Waals surface area (Å²) in [6, 6.07) is 11.6. The number of nitro benzene ring substituents is 1. The lowest BCUT2D eigenvalue weighted by Gasteiger charge is -2.36. The summed E-state index contributed by atoms with van der Waals surface area (Å²) >= 11 is 0. The summed E-state index contributed by atoms with van der Waals surface area (Å²) in [5, 5.41) is 11.6. The van der Waals surface area contributed by atoms with Crippen LogP contribution in [0, 0.1) is 17.0 Å². The summed E-state index contributed by atoms with van der Waals surface area (Å²) in [4.78, 5) is 39.1. The normalized spacial score (nSPS) is 14.4. The minimum atomic E-state index is -0.488. The Morgan fingerprint density at radius 2 is 1.82 bits per heavy atom. The predicted octanol–water partition coefficient (Wildman–Crippen LogP) is 3.80. The fourth-order valence-corrected chi connectivity index (χ4v) is 4.30. The summed E-state index contributed by atoms with van der Waals surface area (Å²) in [6.07, 6.45) is 0.782. The average Bonchev–Trinajstić information content (AvgIpc) is 2.81. The van der Waals surface area contributed by atoms with Crippen LogP contribution in [0.15, 0.2) is 51.7 Å². The van der Waals surface area contributed by atoms with E-state index >= 15 is 0 Å². The van der Waals surface area contributed by atoms with Gasteiger partial charge in [-0.2, -0.15) is 0 Å². The number of aryl methyl sites for hydroxylation is 1. The number of carbonyl (C=O) groups excluding carboxylic acids is 1. The molecule has 1 aliphatic heterocycles. The van der Waals surface area contributed by atoms with Crippen molar-refractivity contribution in [1.82, 2.24) is 4.90 Å². The van der Waals surface area contributed by atoms with Crippen LogP contribution in [0.5, 0.6) is 5.75 Å². The maximum atomic E-state index is 12.3. The molecular formula is C25H27N3O6. The van der Waals surface area contributed by atoms with Crippen LogP contribution in [0.1, 0.15) is 29.3 Å². The molecule has 4 rings (SSSR count). The first-order chi connectivity index (χ1) is 16.3. The van der Waals surface area contributed by atoms with Crippen molar-refractivity contribution < 1.29 is 18.9 Å². The SMILES string of the molecule is CC(=O)c1c(OCCCN2CCN(c3ccc([N+](=O)[O-])cc3)CC2)ccc2c(C)cc(=O)oc12. The van der Waals surface area contributed by atoms with Crippen molar-refractivity contribution >= 4 is 28.1 Å². The van der Waals surface area contributed by atoms with Crippen LogP contribution in [0.25, 0.3) is 11.0 Å². The summed E-state index contributed by atoms with van der Waals surface area (Å²) in [6.45, 7) is 7.99. The lowest BCUT2D eigenvalue weighted by atomic mass is 10.0. The van der Waals surface area contributed by atoms with E-state index in [-0.39, 0.29) is 17.1 Å². The minimum absolute atomic E-state index is 0.0963. The zero-order chi connectivity index (χ0) is 24.2. The number of benzene rings is 2. The molecule has 0 saturated carbocycles. The molecule has 34 heavy (non-hydrogen) atoms. The molecule has 1 fully saturated rings. The monoisotopic (exact) mass is 465 g/mol. The average molecular weight is 466 g/mol. The third kappa shape index (κ3) is 5.09. The van der Waals surface area contributed by atoms with Crippen LogP contribution >= 0.6 is 0 Å². The topological polar surface area (TPSA) is 106 Å². The number of nitrogens with zero attached hydrogens (tertiary/aromatic N) is 3. The van der Waals surface area contributed by atoms with Gasteiger partial charge in [0.1, 0.15) is 11.3 Å². The molecule has 0 N–H and O–H groups in total. The van der Waals surface area contributed by atoms with Crippen molar-refractivity contribution in [3.05, 3.63) is 74.1 Å². The van der Waals surface area contributed by atoms with Gasteiger partial charge in [-0.25, -0.2) is 4.79 Å². The number of rotatable bonds is 8. The number of anilines is 1. The molecule has 9 nitrogen and oxygen atoms in total. The van der Waals surface area contributed by atoms with Crippen molar-refractivity contribution in [1.29, 1.82) is 0 Å². The van der Waals surface area contributed by atoms with E-state index in [1.807, 2.05) is 13.0 Å². The number of carbonyl (C=O) groups is 1. The first kappa shape index (κ1) is 23.4. The number of hydrogen-bond acceptors (Lipinski definition) is 8. The van der Waals surface area contributed by atoms with E-state index in [0.717, 1.165) is 55.8 Å². The van der Waals surface area contributed by atoms with E-state index in [9.17, 15) is 19.7 Å². The second-order valence-corrected chi connectivity index (χ2v) is 8.42. The van der Waals surface area contributed by atoms with Crippen LogP contribution in [-0.2, 0) is 0 Å². The molecule has 1 aromatic heterocycles. The van der Waals surface area contributed by atoms with Gasteiger partial charge in [0.25, 0.3) is 5.69 Å². The number of non-ortho nitro benzene ring substituents is 1. The van der Waals surface area contributed by atoms with Gasteiger partial charge in [0.2, 0.25) is 0 Å². The number of ketones is 1. The number of piperazine rings is 1. The fourth-order valence-electron chi connectivity index (χ4n) is 4.30. The Kier molecular flexibility index (Phi) is 6.93. The maximum Gasteiger partial charge on any atom is 0.336 e. The standard InChI is InChI=1S/C25H27N3O6/c1-17-16-23(30)34-25-21(17)8-9-22(24(25)18(2)29)33-15-3-10-26-11-13-27(14-12-26)19-4-6-20(7-5-19)28(31)32/h4-9,16H,3,10-15H2,1-2H3. The summed E-state index contributed by atoms with van der Waals surface area (Å²) < 4.78 is 11.3. The van der Waals surface area contributed by atoms with Crippen LogP contribution < -0.4 is 15.3 Å². The molecule has 1 aliphatic rings. The molecule has 2 aromatic carbocycles. The van der Waals surface area contributed by atoms with Gasteiger partial charge in [-0.15, -0.1) is 0 Å². The Morgan fingerprint density at radius 3 is 2.47 bits per heavy atom. The molecule has 0 radical (unpaired) electrons. The van der Waals surface area contributed by atoms with Crippen molar-refractivity contribution in [2.24, 2.45) is 0 Å². The van der Waals surface area contributed by atoms with E-state index in [0.29, 0.717) is 17.9 Å². The molecule has 3 aromatic rings. The van der Waals surface area contributed by atoms with Gasteiger partial charge in [-0.1, -0.05) is 0 Å². The zero-order valence-electron chi connectivity index (χ0n) is 19.3. The number of ether oxygens (including phenoxy) is 1. The highest BCUT2D eigenvalue weighted by molar-refractivity contribution is 6.07. The maximum absolute atomic E-state index is 12.3. The molecule has 178 valence electrons. The van der Waals surface area contributed by atoms with Crippen LogP contribution in [-0.4, -0.2) is 54.9 Å². The largest absolute Gasteiger partial charge is 0.493 e. The third-order valence-corrected chi connectivity index (χ3v) is 6.11.